The van der Waals surface area contributed by atoms with Crippen LogP contribution in [0.1, 0.15) is 12.8 Å². The first-order valence-electron chi connectivity index (χ1n) is 4.85. The molecule has 14 heavy (non-hydrogen) atoms. The quantitative estimate of drug-likeness (QED) is 0.757. The first kappa shape index (κ1) is 9.40. The number of hydrogen-bond acceptors (Lipinski definition) is 2. The van der Waals surface area contributed by atoms with E-state index in [0.29, 0.717) is 12.6 Å². The number of hydrogen-bond donors (Lipinski definition) is 1. The third kappa shape index (κ3) is 2.01. The minimum Gasteiger partial charge on any atom is -0.312 e. The predicted octanol–water partition coefficient (Wildman–Crippen LogP) is 0.739. The lowest BCUT2D eigenvalue weighted by Gasteiger charge is -2.11. The van der Waals surface area contributed by atoms with E-state index in [1.165, 1.54) is 22.9 Å². The second-order valence-electron chi connectivity index (χ2n) is 3.63. The molecule has 4 heteroatoms. The van der Waals surface area contributed by atoms with Crippen LogP contribution < -0.4 is 10.9 Å². The molecule has 1 saturated heterocycles. The van der Waals surface area contributed by atoms with E-state index in [1.807, 2.05) is 0 Å². The molecule has 1 N–H and O–H groups in total. The number of rotatable bonds is 2. The summed E-state index contributed by atoms with van der Waals surface area (Å²) in [5.74, 6) is -0.359. The maximum atomic E-state index is 12.8. The van der Waals surface area contributed by atoms with Crippen molar-refractivity contribution in [1.82, 2.24) is 9.88 Å². The average Bonchev–Trinajstić information content (AvgIpc) is 2.64. The summed E-state index contributed by atoms with van der Waals surface area (Å²) in [4.78, 5) is 11.3. The maximum Gasteiger partial charge on any atom is 0.250 e. The van der Waals surface area contributed by atoms with Crippen LogP contribution in [0, 0.1) is 5.82 Å². The zero-order valence-corrected chi connectivity index (χ0v) is 7.87. The third-order valence-corrected chi connectivity index (χ3v) is 2.53. The van der Waals surface area contributed by atoms with Gasteiger partial charge in [0.05, 0.1) is 0 Å². The van der Waals surface area contributed by atoms with E-state index in [9.17, 15) is 9.18 Å². The molecule has 76 valence electrons. The van der Waals surface area contributed by atoms with Gasteiger partial charge in [0.2, 0.25) is 0 Å². The highest BCUT2D eigenvalue weighted by Gasteiger charge is 2.14. The lowest BCUT2D eigenvalue weighted by molar-refractivity contribution is 0.486. The molecular weight excluding hydrogens is 183 g/mol. The standard InChI is InChI=1S/C10H13FN2O/c11-8-3-4-10(14)13(6-8)7-9-2-1-5-12-9/h3-4,6,9,12H,1-2,5,7H2/t9-/m0/s1. The van der Waals surface area contributed by atoms with E-state index in [-0.39, 0.29) is 11.4 Å². The SMILES string of the molecule is O=c1ccc(F)cn1C[C@@H]1CCCN1. The fourth-order valence-electron chi connectivity index (χ4n) is 1.79. The Morgan fingerprint density at radius 2 is 2.43 bits per heavy atom. The van der Waals surface area contributed by atoms with E-state index in [4.69, 9.17) is 0 Å². The summed E-state index contributed by atoms with van der Waals surface area (Å²) in [6.07, 6.45) is 3.46. The second kappa shape index (κ2) is 3.92. The summed E-state index contributed by atoms with van der Waals surface area (Å²) in [7, 11) is 0. The molecule has 2 rings (SSSR count). The highest BCUT2D eigenvalue weighted by Crippen LogP contribution is 2.06. The highest BCUT2D eigenvalue weighted by atomic mass is 19.1. The first-order chi connectivity index (χ1) is 6.75. The van der Waals surface area contributed by atoms with Crippen molar-refractivity contribution in [2.24, 2.45) is 0 Å². The van der Waals surface area contributed by atoms with Crippen molar-refractivity contribution >= 4 is 0 Å². The van der Waals surface area contributed by atoms with Crippen LogP contribution in [0.5, 0.6) is 0 Å². The van der Waals surface area contributed by atoms with Crippen molar-refractivity contribution in [3.8, 4) is 0 Å². The molecule has 1 aliphatic heterocycles. The maximum absolute atomic E-state index is 12.8. The minimum absolute atomic E-state index is 0.139. The van der Waals surface area contributed by atoms with Crippen molar-refractivity contribution in [2.45, 2.75) is 25.4 Å². The van der Waals surface area contributed by atoms with Gasteiger partial charge in [-0.25, -0.2) is 4.39 Å². The van der Waals surface area contributed by atoms with E-state index < -0.39 is 0 Å². The van der Waals surface area contributed by atoms with Crippen LogP contribution in [0.3, 0.4) is 0 Å². The van der Waals surface area contributed by atoms with Crippen LogP contribution in [-0.4, -0.2) is 17.2 Å². The molecule has 0 spiro atoms. The summed E-state index contributed by atoms with van der Waals surface area (Å²) in [5.41, 5.74) is -0.139. The fourth-order valence-corrected chi connectivity index (χ4v) is 1.79. The largest absolute Gasteiger partial charge is 0.312 e. The number of halogens is 1. The fraction of sp³-hybridized carbons (Fsp3) is 0.500. The Balaban J connectivity index is 2.15. The lowest BCUT2D eigenvalue weighted by atomic mass is 10.2. The van der Waals surface area contributed by atoms with Gasteiger partial charge in [-0.15, -0.1) is 0 Å². The molecule has 0 aromatic carbocycles. The Kier molecular flexibility index (Phi) is 2.63. The zero-order valence-electron chi connectivity index (χ0n) is 7.87. The van der Waals surface area contributed by atoms with Crippen molar-refractivity contribution in [1.29, 1.82) is 0 Å². The molecule has 0 amide bonds. The molecular formula is C10H13FN2O. The summed E-state index contributed by atoms with van der Waals surface area (Å²) in [6, 6.07) is 2.78. The Morgan fingerprint density at radius 1 is 1.57 bits per heavy atom. The molecule has 0 saturated carbocycles. The second-order valence-corrected chi connectivity index (χ2v) is 3.63. The van der Waals surface area contributed by atoms with Crippen LogP contribution in [0.15, 0.2) is 23.1 Å². The first-order valence-corrected chi connectivity index (χ1v) is 4.85. The van der Waals surface area contributed by atoms with Gasteiger partial charge in [0, 0.05) is 24.8 Å². The topological polar surface area (TPSA) is 34.0 Å². The molecule has 1 atom stereocenters. The van der Waals surface area contributed by atoms with Gasteiger partial charge in [-0.1, -0.05) is 0 Å². The predicted molar refractivity (Wildman–Crippen MR) is 51.7 cm³/mol. The van der Waals surface area contributed by atoms with Gasteiger partial charge < -0.3 is 9.88 Å². The summed E-state index contributed by atoms with van der Waals surface area (Å²) < 4.78 is 14.3. The Bertz CT molecular complexity index is 369. The Morgan fingerprint density at radius 3 is 3.14 bits per heavy atom. The Labute approximate surface area is 81.6 Å². The molecule has 1 aliphatic rings. The van der Waals surface area contributed by atoms with E-state index in [0.717, 1.165) is 19.4 Å². The van der Waals surface area contributed by atoms with Crippen molar-refractivity contribution in [3.05, 3.63) is 34.5 Å². The van der Waals surface area contributed by atoms with Crippen molar-refractivity contribution in [3.63, 3.8) is 0 Å². The third-order valence-electron chi connectivity index (χ3n) is 2.53. The van der Waals surface area contributed by atoms with Crippen LogP contribution >= 0.6 is 0 Å². The van der Waals surface area contributed by atoms with Crippen molar-refractivity contribution < 1.29 is 4.39 Å². The van der Waals surface area contributed by atoms with Crippen LogP contribution in [0.2, 0.25) is 0 Å². The van der Waals surface area contributed by atoms with E-state index in [1.54, 1.807) is 0 Å². The lowest BCUT2D eigenvalue weighted by Crippen LogP contribution is -2.31. The molecule has 2 heterocycles. The minimum atomic E-state index is -0.359. The van der Waals surface area contributed by atoms with Crippen LogP contribution in [0.4, 0.5) is 4.39 Å². The summed E-state index contributed by atoms with van der Waals surface area (Å²) in [6.45, 7) is 1.56. The zero-order chi connectivity index (χ0) is 9.97. The normalized spacial score (nSPS) is 21.4. The number of nitrogens with one attached hydrogen (secondary N) is 1. The molecule has 1 aromatic heterocycles. The van der Waals surface area contributed by atoms with Gasteiger partial charge in [0.1, 0.15) is 5.82 Å². The van der Waals surface area contributed by atoms with Crippen LogP contribution in [-0.2, 0) is 6.54 Å². The van der Waals surface area contributed by atoms with Gasteiger partial charge in [-0.3, -0.25) is 4.79 Å². The van der Waals surface area contributed by atoms with E-state index in [2.05, 4.69) is 5.32 Å². The van der Waals surface area contributed by atoms with Gasteiger partial charge in [0.15, 0.2) is 0 Å². The molecule has 3 nitrogen and oxygen atoms in total. The summed E-state index contributed by atoms with van der Waals surface area (Å²) >= 11 is 0. The summed E-state index contributed by atoms with van der Waals surface area (Å²) in [5, 5.41) is 3.27. The number of pyridine rings is 1. The molecule has 0 aliphatic carbocycles. The smallest absolute Gasteiger partial charge is 0.250 e. The van der Waals surface area contributed by atoms with Crippen LogP contribution in [0.25, 0.3) is 0 Å². The highest BCUT2D eigenvalue weighted by molar-refractivity contribution is 4.97. The van der Waals surface area contributed by atoms with Crippen molar-refractivity contribution in [2.75, 3.05) is 6.54 Å². The monoisotopic (exact) mass is 196 g/mol. The number of aromatic nitrogens is 1. The molecule has 0 unspecified atom stereocenters. The molecule has 1 fully saturated rings. The average molecular weight is 196 g/mol. The molecule has 0 bridgehead atoms. The van der Waals surface area contributed by atoms with Gasteiger partial charge in [-0.05, 0) is 25.5 Å². The van der Waals surface area contributed by atoms with E-state index >= 15 is 0 Å². The van der Waals surface area contributed by atoms with Gasteiger partial charge in [-0.2, -0.15) is 0 Å². The molecule has 0 radical (unpaired) electrons. The molecule has 1 aromatic rings. The Hall–Kier alpha value is -1.16. The van der Waals surface area contributed by atoms with Gasteiger partial charge >= 0.3 is 0 Å². The number of nitrogens with zero attached hydrogens (tertiary/aromatic N) is 1. The van der Waals surface area contributed by atoms with Gasteiger partial charge in [0.25, 0.3) is 5.56 Å².